The smallest absolute Gasteiger partial charge is 0.251 e. The standard InChI is InChI=1S/C13H13BrN2O3/c1-13(2)12(19)15-11(18)6-16(13)10-4-3-8(7-17)5-9(10)14/h3-5,7H,6H2,1-2H3,(H,15,18,19). The fourth-order valence-corrected chi connectivity index (χ4v) is 2.60. The third-order valence-corrected chi connectivity index (χ3v) is 3.82. The van der Waals surface area contributed by atoms with Crippen LogP contribution in [0.1, 0.15) is 24.2 Å². The number of rotatable bonds is 2. The third kappa shape index (κ3) is 2.40. The summed E-state index contributed by atoms with van der Waals surface area (Å²) in [6.45, 7) is 3.58. The Labute approximate surface area is 119 Å². The van der Waals surface area contributed by atoms with Gasteiger partial charge in [-0.25, -0.2) is 0 Å². The zero-order valence-corrected chi connectivity index (χ0v) is 12.2. The minimum Gasteiger partial charge on any atom is -0.347 e. The average molecular weight is 325 g/mol. The van der Waals surface area contributed by atoms with Crippen molar-refractivity contribution in [3.05, 3.63) is 28.2 Å². The molecule has 0 unspecified atom stereocenters. The maximum absolute atomic E-state index is 11.9. The molecule has 1 N–H and O–H groups in total. The first-order valence-corrected chi connectivity index (χ1v) is 6.52. The van der Waals surface area contributed by atoms with E-state index in [1.807, 2.05) is 0 Å². The predicted octanol–water partition coefficient (Wildman–Crippen LogP) is 1.50. The van der Waals surface area contributed by atoms with Crippen LogP contribution in [0.4, 0.5) is 5.69 Å². The topological polar surface area (TPSA) is 66.5 Å². The van der Waals surface area contributed by atoms with Gasteiger partial charge < -0.3 is 4.90 Å². The van der Waals surface area contributed by atoms with E-state index in [1.54, 1.807) is 36.9 Å². The number of anilines is 1. The van der Waals surface area contributed by atoms with Gasteiger partial charge in [-0.15, -0.1) is 0 Å². The number of nitrogens with one attached hydrogen (secondary N) is 1. The van der Waals surface area contributed by atoms with Crippen LogP contribution in [0.3, 0.4) is 0 Å². The Morgan fingerprint density at radius 1 is 1.37 bits per heavy atom. The Morgan fingerprint density at radius 2 is 2.05 bits per heavy atom. The lowest BCUT2D eigenvalue weighted by Gasteiger charge is -2.42. The van der Waals surface area contributed by atoms with Crippen molar-refractivity contribution in [3.8, 4) is 0 Å². The average Bonchev–Trinajstić information content (AvgIpc) is 2.34. The highest BCUT2D eigenvalue weighted by atomic mass is 79.9. The van der Waals surface area contributed by atoms with E-state index in [4.69, 9.17) is 0 Å². The molecule has 1 aromatic rings. The molecule has 0 spiro atoms. The summed E-state index contributed by atoms with van der Waals surface area (Å²) in [5, 5.41) is 2.32. The number of carbonyl (C=O) groups excluding carboxylic acids is 3. The monoisotopic (exact) mass is 324 g/mol. The molecule has 2 amide bonds. The summed E-state index contributed by atoms with van der Waals surface area (Å²) in [6, 6.07) is 5.04. The molecule has 0 aliphatic carbocycles. The quantitative estimate of drug-likeness (QED) is 0.661. The second kappa shape index (κ2) is 4.77. The minimum atomic E-state index is -0.834. The highest BCUT2D eigenvalue weighted by Gasteiger charge is 2.41. The van der Waals surface area contributed by atoms with E-state index < -0.39 is 5.54 Å². The van der Waals surface area contributed by atoms with Gasteiger partial charge in [0, 0.05) is 10.0 Å². The van der Waals surface area contributed by atoms with E-state index in [1.165, 1.54) is 0 Å². The zero-order chi connectivity index (χ0) is 14.2. The summed E-state index contributed by atoms with van der Waals surface area (Å²) in [5.74, 6) is -0.675. The van der Waals surface area contributed by atoms with Crippen molar-refractivity contribution in [2.45, 2.75) is 19.4 Å². The molecule has 1 saturated heterocycles. The Hall–Kier alpha value is -1.69. The van der Waals surface area contributed by atoms with Gasteiger partial charge in [-0.3, -0.25) is 19.7 Å². The molecule has 1 fully saturated rings. The number of benzene rings is 1. The van der Waals surface area contributed by atoms with Crippen LogP contribution in [-0.2, 0) is 9.59 Å². The van der Waals surface area contributed by atoms with Crippen LogP contribution in [0.5, 0.6) is 0 Å². The van der Waals surface area contributed by atoms with Gasteiger partial charge in [-0.05, 0) is 48.0 Å². The van der Waals surface area contributed by atoms with Crippen molar-refractivity contribution in [1.29, 1.82) is 0 Å². The molecule has 0 aromatic heterocycles. The van der Waals surface area contributed by atoms with Crippen molar-refractivity contribution in [2.24, 2.45) is 0 Å². The molecule has 2 rings (SSSR count). The lowest BCUT2D eigenvalue weighted by Crippen LogP contribution is -2.64. The Bertz CT molecular complexity index is 569. The van der Waals surface area contributed by atoms with Gasteiger partial charge in [0.05, 0.1) is 12.2 Å². The number of hydrogen-bond acceptors (Lipinski definition) is 4. The number of carbonyl (C=O) groups is 3. The highest BCUT2D eigenvalue weighted by Crippen LogP contribution is 2.33. The number of halogens is 1. The second-order valence-electron chi connectivity index (χ2n) is 4.85. The number of amides is 2. The molecular formula is C13H13BrN2O3. The van der Waals surface area contributed by atoms with Crippen LogP contribution >= 0.6 is 15.9 Å². The Morgan fingerprint density at radius 3 is 2.63 bits per heavy atom. The SMILES string of the molecule is CC1(C)C(=O)NC(=O)CN1c1ccc(C=O)cc1Br. The van der Waals surface area contributed by atoms with Crippen LogP contribution < -0.4 is 10.2 Å². The predicted molar refractivity (Wildman–Crippen MR) is 74.1 cm³/mol. The van der Waals surface area contributed by atoms with Crippen LogP contribution in [-0.4, -0.2) is 30.2 Å². The van der Waals surface area contributed by atoms with E-state index >= 15 is 0 Å². The summed E-state index contributed by atoms with van der Waals surface area (Å²) in [6.07, 6.45) is 0.744. The lowest BCUT2D eigenvalue weighted by atomic mass is 9.97. The second-order valence-corrected chi connectivity index (χ2v) is 5.71. The third-order valence-electron chi connectivity index (χ3n) is 3.18. The first kappa shape index (κ1) is 13.7. The summed E-state index contributed by atoms with van der Waals surface area (Å²) in [7, 11) is 0. The van der Waals surface area contributed by atoms with Crippen LogP contribution in [0.25, 0.3) is 0 Å². The highest BCUT2D eigenvalue weighted by molar-refractivity contribution is 9.10. The van der Waals surface area contributed by atoms with Gasteiger partial charge in [0.15, 0.2) is 0 Å². The molecule has 1 aliphatic heterocycles. The molecule has 1 aromatic carbocycles. The number of aldehydes is 1. The minimum absolute atomic E-state index is 0.0950. The van der Waals surface area contributed by atoms with Gasteiger partial charge in [0.25, 0.3) is 5.91 Å². The lowest BCUT2D eigenvalue weighted by molar-refractivity contribution is -0.135. The Kier molecular flexibility index (Phi) is 3.45. The van der Waals surface area contributed by atoms with Gasteiger partial charge in [0.2, 0.25) is 5.91 Å². The van der Waals surface area contributed by atoms with Crippen LogP contribution in [0.2, 0.25) is 0 Å². The fourth-order valence-electron chi connectivity index (χ4n) is 1.98. The first-order chi connectivity index (χ1) is 8.86. The van der Waals surface area contributed by atoms with Crippen molar-refractivity contribution in [3.63, 3.8) is 0 Å². The summed E-state index contributed by atoms with van der Waals surface area (Å²) < 4.78 is 0.674. The van der Waals surface area contributed by atoms with Crippen LogP contribution in [0, 0.1) is 0 Å². The number of nitrogens with zero attached hydrogens (tertiary/aromatic N) is 1. The molecule has 19 heavy (non-hydrogen) atoms. The van der Waals surface area contributed by atoms with Gasteiger partial charge >= 0.3 is 0 Å². The zero-order valence-electron chi connectivity index (χ0n) is 10.6. The van der Waals surface area contributed by atoms with Crippen molar-refractivity contribution in [2.75, 3.05) is 11.4 Å². The molecular weight excluding hydrogens is 312 g/mol. The first-order valence-electron chi connectivity index (χ1n) is 5.73. The molecule has 5 nitrogen and oxygen atoms in total. The van der Waals surface area contributed by atoms with Gasteiger partial charge in [0.1, 0.15) is 11.8 Å². The summed E-state index contributed by atoms with van der Waals surface area (Å²) >= 11 is 3.37. The van der Waals surface area contributed by atoms with Crippen molar-refractivity contribution >= 4 is 39.7 Å². The molecule has 1 aliphatic rings. The number of imide groups is 1. The molecule has 6 heteroatoms. The Balaban J connectivity index is 2.47. The maximum Gasteiger partial charge on any atom is 0.251 e. The van der Waals surface area contributed by atoms with Gasteiger partial charge in [-0.1, -0.05) is 0 Å². The molecule has 0 radical (unpaired) electrons. The normalized spacial score (nSPS) is 18.2. The van der Waals surface area contributed by atoms with E-state index in [0.717, 1.165) is 6.29 Å². The van der Waals surface area contributed by atoms with Crippen molar-refractivity contribution < 1.29 is 14.4 Å². The van der Waals surface area contributed by atoms with E-state index in [0.29, 0.717) is 15.7 Å². The fraction of sp³-hybridized carbons (Fsp3) is 0.308. The van der Waals surface area contributed by atoms with Gasteiger partial charge in [-0.2, -0.15) is 0 Å². The molecule has 100 valence electrons. The van der Waals surface area contributed by atoms with E-state index in [9.17, 15) is 14.4 Å². The largest absolute Gasteiger partial charge is 0.347 e. The van der Waals surface area contributed by atoms with Crippen LogP contribution in [0.15, 0.2) is 22.7 Å². The number of hydrogen-bond donors (Lipinski definition) is 1. The van der Waals surface area contributed by atoms with E-state index in [2.05, 4.69) is 21.2 Å². The van der Waals surface area contributed by atoms with Crippen molar-refractivity contribution in [1.82, 2.24) is 5.32 Å². The summed E-state index contributed by atoms with van der Waals surface area (Å²) in [5.41, 5.74) is 0.402. The maximum atomic E-state index is 11.9. The molecule has 0 saturated carbocycles. The van der Waals surface area contributed by atoms with E-state index in [-0.39, 0.29) is 18.4 Å². The summed E-state index contributed by atoms with van der Waals surface area (Å²) in [4.78, 5) is 35.9. The molecule has 0 atom stereocenters. The molecule has 0 bridgehead atoms. The molecule has 1 heterocycles. The number of piperazine rings is 1.